The van der Waals surface area contributed by atoms with Crippen LogP contribution in [0, 0.1) is 5.92 Å². The molecular formula is C25H30N4O. The molecule has 7 rings (SSSR count). The second kappa shape index (κ2) is 7.17. The van der Waals surface area contributed by atoms with E-state index in [4.69, 9.17) is 0 Å². The third-order valence-corrected chi connectivity index (χ3v) is 7.86. The molecule has 3 atom stereocenters. The SMILES string of the molecule is O=C(NC1C2CN3CCN(C2)CC1(c1ccccc1)C3)c1cnc2c(c1)CCCC2. The number of pyridine rings is 1. The first-order valence-corrected chi connectivity index (χ1v) is 11.5. The van der Waals surface area contributed by atoms with Crippen molar-refractivity contribution in [2.24, 2.45) is 5.92 Å². The van der Waals surface area contributed by atoms with Gasteiger partial charge in [0.15, 0.2) is 0 Å². The zero-order chi connectivity index (χ0) is 20.1. The van der Waals surface area contributed by atoms with Gasteiger partial charge in [0.25, 0.3) is 5.91 Å². The molecule has 1 aromatic carbocycles. The fourth-order valence-electron chi connectivity index (χ4n) is 6.51. The summed E-state index contributed by atoms with van der Waals surface area (Å²) in [7, 11) is 0. The highest BCUT2D eigenvalue weighted by Gasteiger charge is 2.55. The van der Waals surface area contributed by atoms with Gasteiger partial charge in [-0.3, -0.25) is 9.78 Å². The first-order valence-electron chi connectivity index (χ1n) is 11.5. The highest BCUT2D eigenvalue weighted by Crippen LogP contribution is 2.43. The molecule has 5 nitrogen and oxygen atoms in total. The predicted molar refractivity (Wildman–Crippen MR) is 117 cm³/mol. The molecule has 1 N–H and O–H groups in total. The van der Waals surface area contributed by atoms with E-state index in [1.54, 1.807) is 6.20 Å². The van der Waals surface area contributed by atoms with E-state index >= 15 is 0 Å². The third-order valence-electron chi connectivity index (χ3n) is 7.86. The molecule has 5 heteroatoms. The van der Waals surface area contributed by atoms with Crippen molar-refractivity contribution in [2.45, 2.75) is 37.1 Å². The minimum atomic E-state index is -0.0454. The zero-order valence-electron chi connectivity index (χ0n) is 17.5. The average Bonchev–Trinajstić information content (AvgIpc) is 3.04. The molecule has 5 aliphatic rings. The Balaban J connectivity index is 1.34. The van der Waals surface area contributed by atoms with Crippen LogP contribution in [-0.2, 0) is 18.3 Å². The van der Waals surface area contributed by atoms with Gasteiger partial charge in [0.2, 0.25) is 0 Å². The summed E-state index contributed by atoms with van der Waals surface area (Å²) in [6.45, 7) is 6.49. The molecule has 1 aliphatic carbocycles. The fraction of sp³-hybridized carbons (Fsp3) is 0.520. The summed E-state index contributed by atoms with van der Waals surface area (Å²) >= 11 is 0. The maximum Gasteiger partial charge on any atom is 0.253 e. The number of amides is 1. The summed E-state index contributed by atoms with van der Waals surface area (Å²) in [6.07, 6.45) is 6.30. The number of nitrogens with one attached hydrogen (secondary N) is 1. The number of rotatable bonds is 3. The Hall–Kier alpha value is -2.24. The van der Waals surface area contributed by atoms with Gasteiger partial charge in [-0.05, 0) is 42.9 Å². The minimum absolute atomic E-state index is 0.0454. The highest BCUT2D eigenvalue weighted by atomic mass is 16.1. The van der Waals surface area contributed by atoms with Gasteiger partial charge in [0.1, 0.15) is 0 Å². The molecule has 5 heterocycles. The van der Waals surface area contributed by atoms with Crippen LogP contribution in [0.1, 0.15) is 40.0 Å². The van der Waals surface area contributed by atoms with Gasteiger partial charge in [0.05, 0.1) is 5.56 Å². The largest absolute Gasteiger partial charge is 0.348 e. The number of nitrogens with zero attached hydrogens (tertiary/aromatic N) is 3. The maximum atomic E-state index is 13.4. The van der Waals surface area contributed by atoms with Crippen molar-refractivity contribution >= 4 is 5.91 Å². The van der Waals surface area contributed by atoms with Crippen LogP contribution in [0.5, 0.6) is 0 Å². The first-order chi connectivity index (χ1) is 14.7. The highest BCUT2D eigenvalue weighted by molar-refractivity contribution is 5.94. The van der Waals surface area contributed by atoms with Crippen molar-refractivity contribution in [1.82, 2.24) is 20.1 Å². The lowest BCUT2D eigenvalue weighted by atomic mass is 9.64. The van der Waals surface area contributed by atoms with E-state index in [0.29, 0.717) is 5.92 Å². The van der Waals surface area contributed by atoms with Gasteiger partial charge in [-0.2, -0.15) is 0 Å². The van der Waals surface area contributed by atoms with Crippen molar-refractivity contribution < 1.29 is 4.79 Å². The summed E-state index contributed by atoms with van der Waals surface area (Å²) in [4.78, 5) is 23.3. The molecule has 1 amide bonds. The molecule has 0 radical (unpaired) electrons. The van der Waals surface area contributed by atoms with Crippen molar-refractivity contribution in [3.05, 3.63) is 65.0 Å². The number of benzene rings is 1. The number of hydrogen-bond donors (Lipinski definition) is 1. The molecule has 4 fully saturated rings. The Bertz CT molecular complexity index is 943. The van der Waals surface area contributed by atoms with E-state index in [1.807, 2.05) is 0 Å². The Labute approximate surface area is 178 Å². The third kappa shape index (κ3) is 2.98. The van der Waals surface area contributed by atoms with Crippen LogP contribution in [0.4, 0.5) is 0 Å². The molecule has 156 valence electrons. The van der Waals surface area contributed by atoms with Crippen LogP contribution in [0.3, 0.4) is 0 Å². The molecule has 2 aromatic rings. The summed E-state index contributed by atoms with van der Waals surface area (Å²) in [6, 6.07) is 13.1. The Morgan fingerprint density at radius 2 is 1.77 bits per heavy atom. The Morgan fingerprint density at radius 1 is 1.03 bits per heavy atom. The van der Waals surface area contributed by atoms with Crippen molar-refractivity contribution in [3.8, 4) is 0 Å². The first kappa shape index (κ1) is 18.5. The number of aryl methyl sites for hydroxylation is 2. The zero-order valence-corrected chi connectivity index (χ0v) is 17.5. The van der Waals surface area contributed by atoms with Gasteiger partial charge < -0.3 is 15.1 Å². The molecule has 4 bridgehead atoms. The molecule has 3 unspecified atom stereocenters. The van der Waals surface area contributed by atoms with E-state index in [1.165, 1.54) is 29.7 Å². The van der Waals surface area contributed by atoms with Gasteiger partial charge in [-0.25, -0.2) is 0 Å². The normalized spacial score (nSPS) is 34.3. The van der Waals surface area contributed by atoms with Crippen LogP contribution in [0.15, 0.2) is 42.6 Å². The quantitative estimate of drug-likeness (QED) is 0.856. The number of hydrogen-bond acceptors (Lipinski definition) is 4. The Kier molecular flexibility index (Phi) is 4.43. The second-order valence-corrected chi connectivity index (χ2v) is 9.74. The van der Waals surface area contributed by atoms with Crippen LogP contribution >= 0.6 is 0 Å². The maximum absolute atomic E-state index is 13.4. The number of fused-ring (bicyclic) bond motifs is 2. The summed E-state index contributed by atoms with van der Waals surface area (Å²) in [5.74, 6) is 0.511. The number of carbonyl (C=O) groups is 1. The number of piperidine rings is 2. The standard InChI is InChI=1S/C25H30N4O/c30-24(19-12-18-6-4-5-9-22(18)26-13-19)27-23-20-14-28-10-11-29(15-20)17-25(23,16-28)21-7-2-1-3-8-21/h1-3,7-8,12-13,20,23H,4-6,9-11,14-17H2,(H,27,30). The minimum Gasteiger partial charge on any atom is -0.348 e. The van der Waals surface area contributed by atoms with Gasteiger partial charge >= 0.3 is 0 Å². The lowest BCUT2D eigenvalue weighted by Gasteiger charge is -2.55. The molecule has 30 heavy (non-hydrogen) atoms. The monoisotopic (exact) mass is 402 g/mol. The summed E-state index contributed by atoms with van der Waals surface area (Å²) < 4.78 is 0. The van der Waals surface area contributed by atoms with Crippen LogP contribution < -0.4 is 5.32 Å². The summed E-state index contributed by atoms with van der Waals surface area (Å²) in [5.41, 5.74) is 4.50. The number of aromatic nitrogens is 1. The summed E-state index contributed by atoms with van der Waals surface area (Å²) in [5, 5.41) is 3.52. The topological polar surface area (TPSA) is 48.5 Å². The predicted octanol–water partition coefficient (Wildman–Crippen LogP) is 2.26. The molecular weight excluding hydrogens is 372 g/mol. The smallest absolute Gasteiger partial charge is 0.253 e. The van der Waals surface area contributed by atoms with Gasteiger partial charge in [0, 0.05) is 68.5 Å². The van der Waals surface area contributed by atoms with Crippen LogP contribution in [0.25, 0.3) is 0 Å². The van der Waals surface area contributed by atoms with Gasteiger partial charge in [-0.1, -0.05) is 30.3 Å². The molecule has 4 saturated heterocycles. The molecule has 0 saturated carbocycles. The number of carbonyl (C=O) groups excluding carboxylic acids is 1. The van der Waals surface area contributed by atoms with E-state index in [9.17, 15) is 4.79 Å². The van der Waals surface area contributed by atoms with Crippen LogP contribution in [-0.4, -0.2) is 66.0 Å². The van der Waals surface area contributed by atoms with Crippen LogP contribution in [0.2, 0.25) is 0 Å². The second-order valence-electron chi connectivity index (χ2n) is 9.74. The Morgan fingerprint density at radius 3 is 2.53 bits per heavy atom. The van der Waals surface area contributed by atoms with E-state index < -0.39 is 0 Å². The van der Waals surface area contributed by atoms with Crippen molar-refractivity contribution in [1.29, 1.82) is 0 Å². The van der Waals surface area contributed by atoms with E-state index in [2.05, 4.69) is 56.5 Å². The lowest BCUT2D eigenvalue weighted by molar-refractivity contribution is 0.0180. The fourth-order valence-corrected chi connectivity index (χ4v) is 6.51. The molecule has 4 aliphatic heterocycles. The van der Waals surface area contributed by atoms with E-state index in [0.717, 1.165) is 57.7 Å². The van der Waals surface area contributed by atoms with Crippen molar-refractivity contribution in [2.75, 3.05) is 39.3 Å². The van der Waals surface area contributed by atoms with E-state index in [-0.39, 0.29) is 17.4 Å². The average molecular weight is 403 g/mol. The molecule has 1 aromatic heterocycles. The molecule has 0 spiro atoms. The van der Waals surface area contributed by atoms with Crippen molar-refractivity contribution in [3.63, 3.8) is 0 Å². The van der Waals surface area contributed by atoms with Gasteiger partial charge in [-0.15, -0.1) is 0 Å². The lowest BCUT2D eigenvalue weighted by Crippen LogP contribution is -2.70.